The Labute approximate surface area is 101 Å². The number of ether oxygens (including phenoxy) is 1. The molecule has 94 valence electrons. The topological polar surface area (TPSA) is 38.3 Å². The van der Waals surface area contributed by atoms with Gasteiger partial charge in [-0.15, -0.1) is 0 Å². The first-order valence-corrected chi connectivity index (χ1v) is 6.02. The van der Waals surface area contributed by atoms with E-state index in [0.717, 1.165) is 19.3 Å². The summed E-state index contributed by atoms with van der Waals surface area (Å²) in [7, 11) is 0. The smallest absolute Gasteiger partial charge is 0.295 e. The van der Waals surface area contributed by atoms with E-state index in [1.807, 2.05) is 0 Å². The van der Waals surface area contributed by atoms with Crippen LogP contribution in [-0.2, 0) is 9.53 Å². The molecule has 1 N–H and O–H groups in total. The Hall–Kier alpha value is -1.08. The summed E-state index contributed by atoms with van der Waals surface area (Å²) in [5.74, 6) is 4.64. The molecule has 0 aromatic heterocycles. The van der Waals surface area contributed by atoms with E-state index in [2.05, 4.69) is 17.2 Å². The Morgan fingerprint density at radius 1 is 1.47 bits per heavy atom. The van der Waals surface area contributed by atoms with Crippen LogP contribution in [0, 0.1) is 22.7 Å². The molecule has 0 aromatic carbocycles. The van der Waals surface area contributed by atoms with E-state index in [1.54, 1.807) is 6.92 Å². The highest BCUT2D eigenvalue weighted by atomic mass is 19.1. The van der Waals surface area contributed by atoms with Crippen molar-refractivity contribution in [3.05, 3.63) is 0 Å². The molecule has 2 rings (SSSR count). The molecule has 2 aliphatic rings. The van der Waals surface area contributed by atoms with Gasteiger partial charge in [0, 0.05) is 25.2 Å². The minimum atomic E-state index is -0.368. The lowest BCUT2D eigenvalue weighted by molar-refractivity contribution is -0.116. The number of rotatable bonds is 3. The van der Waals surface area contributed by atoms with Crippen molar-refractivity contribution in [3.8, 4) is 11.8 Å². The van der Waals surface area contributed by atoms with Gasteiger partial charge in [0.25, 0.3) is 5.91 Å². The summed E-state index contributed by atoms with van der Waals surface area (Å²) < 4.78 is 18.6. The van der Waals surface area contributed by atoms with Crippen LogP contribution in [0.25, 0.3) is 0 Å². The van der Waals surface area contributed by atoms with Gasteiger partial charge in [0.2, 0.25) is 0 Å². The third-order valence-corrected chi connectivity index (χ3v) is 4.21. The molecule has 4 heteroatoms. The van der Waals surface area contributed by atoms with Crippen molar-refractivity contribution >= 4 is 5.91 Å². The van der Waals surface area contributed by atoms with Crippen LogP contribution >= 0.6 is 0 Å². The summed E-state index contributed by atoms with van der Waals surface area (Å²) >= 11 is 0. The fraction of sp³-hybridized carbons (Fsp3) is 0.769. The second kappa shape index (κ2) is 4.66. The van der Waals surface area contributed by atoms with Crippen LogP contribution in [0.4, 0.5) is 4.39 Å². The predicted octanol–water partition coefficient (Wildman–Crippen LogP) is 1.28. The number of nitrogens with one attached hydrogen (secondary N) is 1. The van der Waals surface area contributed by atoms with Crippen molar-refractivity contribution in [3.63, 3.8) is 0 Å². The lowest BCUT2D eigenvalue weighted by Crippen LogP contribution is -2.35. The zero-order valence-corrected chi connectivity index (χ0v) is 10.1. The van der Waals surface area contributed by atoms with Crippen molar-refractivity contribution < 1.29 is 13.9 Å². The van der Waals surface area contributed by atoms with Crippen LogP contribution in [-0.4, -0.2) is 32.3 Å². The molecule has 2 fully saturated rings. The molecule has 1 spiro atoms. The number of halogens is 1. The highest BCUT2D eigenvalue weighted by Crippen LogP contribution is 2.68. The zero-order chi connectivity index (χ0) is 12.4. The Bertz CT molecular complexity index is 365. The average molecular weight is 239 g/mol. The van der Waals surface area contributed by atoms with E-state index in [-0.39, 0.29) is 23.4 Å². The van der Waals surface area contributed by atoms with Crippen molar-refractivity contribution in [1.82, 2.24) is 5.32 Å². The normalized spacial score (nSPS) is 29.3. The Morgan fingerprint density at radius 3 is 2.76 bits per heavy atom. The second-order valence-electron chi connectivity index (χ2n) is 5.04. The van der Waals surface area contributed by atoms with Gasteiger partial charge in [-0.05, 0) is 37.5 Å². The molecule has 1 unspecified atom stereocenters. The van der Waals surface area contributed by atoms with E-state index < -0.39 is 0 Å². The maximum absolute atomic E-state index is 13.3. The molecule has 1 amide bonds. The van der Waals surface area contributed by atoms with Gasteiger partial charge in [-0.3, -0.25) is 9.18 Å². The van der Waals surface area contributed by atoms with Crippen LogP contribution in [0.15, 0.2) is 0 Å². The summed E-state index contributed by atoms with van der Waals surface area (Å²) in [6, 6.07) is 0. The molecule has 1 aliphatic carbocycles. The summed E-state index contributed by atoms with van der Waals surface area (Å²) in [4.78, 5) is 11.3. The quantitative estimate of drug-likeness (QED) is 0.753. The molecular formula is C13H18FNO2. The summed E-state index contributed by atoms with van der Waals surface area (Å²) in [6.07, 6.45) is 2.68. The molecule has 0 bridgehead atoms. The van der Waals surface area contributed by atoms with Gasteiger partial charge in [0.05, 0.1) is 6.67 Å². The number of hydrogen-bond acceptors (Lipinski definition) is 2. The van der Waals surface area contributed by atoms with E-state index >= 15 is 0 Å². The van der Waals surface area contributed by atoms with Crippen molar-refractivity contribution in [2.45, 2.75) is 26.2 Å². The molecule has 1 saturated heterocycles. The highest BCUT2D eigenvalue weighted by molar-refractivity contribution is 5.93. The minimum absolute atomic E-state index is 0.0624. The first kappa shape index (κ1) is 12.4. The molecule has 0 radical (unpaired) electrons. The van der Waals surface area contributed by atoms with Gasteiger partial charge in [0.1, 0.15) is 0 Å². The van der Waals surface area contributed by atoms with Crippen LogP contribution in [0.2, 0.25) is 0 Å². The monoisotopic (exact) mass is 239 g/mol. The van der Waals surface area contributed by atoms with E-state index in [9.17, 15) is 9.18 Å². The number of amides is 1. The number of hydrogen-bond donors (Lipinski definition) is 1. The largest absolute Gasteiger partial charge is 0.381 e. The maximum atomic E-state index is 13.3. The van der Waals surface area contributed by atoms with Crippen LogP contribution in [0.3, 0.4) is 0 Å². The third-order valence-electron chi connectivity index (χ3n) is 4.21. The SMILES string of the molecule is CC#CC(=O)NCC1(CF)CC12CCOCC2. The second-order valence-corrected chi connectivity index (χ2v) is 5.04. The fourth-order valence-electron chi connectivity index (χ4n) is 2.97. The molecule has 1 saturated carbocycles. The zero-order valence-electron chi connectivity index (χ0n) is 10.1. The van der Waals surface area contributed by atoms with Crippen molar-refractivity contribution in [1.29, 1.82) is 0 Å². The van der Waals surface area contributed by atoms with E-state index in [4.69, 9.17) is 4.74 Å². The summed E-state index contributed by atoms with van der Waals surface area (Å²) in [6.45, 7) is 3.07. The molecular weight excluding hydrogens is 221 g/mol. The Morgan fingerprint density at radius 2 is 2.18 bits per heavy atom. The van der Waals surface area contributed by atoms with Gasteiger partial charge in [-0.2, -0.15) is 0 Å². The molecule has 1 atom stereocenters. The van der Waals surface area contributed by atoms with Gasteiger partial charge >= 0.3 is 0 Å². The van der Waals surface area contributed by atoms with Crippen molar-refractivity contribution in [2.24, 2.45) is 10.8 Å². The number of alkyl halides is 1. The van der Waals surface area contributed by atoms with E-state index in [1.165, 1.54) is 0 Å². The predicted molar refractivity (Wildman–Crippen MR) is 62.0 cm³/mol. The fourth-order valence-corrected chi connectivity index (χ4v) is 2.97. The number of carbonyl (C=O) groups excluding carboxylic acids is 1. The Kier molecular flexibility index (Phi) is 3.39. The van der Waals surface area contributed by atoms with Crippen LogP contribution in [0.1, 0.15) is 26.2 Å². The molecule has 1 aliphatic heterocycles. The highest BCUT2D eigenvalue weighted by Gasteiger charge is 2.66. The Balaban J connectivity index is 1.93. The third kappa shape index (κ3) is 2.16. The van der Waals surface area contributed by atoms with Crippen LogP contribution < -0.4 is 5.32 Å². The first-order chi connectivity index (χ1) is 8.18. The molecule has 17 heavy (non-hydrogen) atoms. The van der Waals surface area contributed by atoms with Gasteiger partial charge in [-0.25, -0.2) is 0 Å². The van der Waals surface area contributed by atoms with E-state index in [0.29, 0.717) is 19.8 Å². The maximum Gasteiger partial charge on any atom is 0.295 e. The molecule has 1 heterocycles. The lowest BCUT2D eigenvalue weighted by Gasteiger charge is -2.27. The minimum Gasteiger partial charge on any atom is -0.381 e. The molecule has 0 aromatic rings. The molecule has 3 nitrogen and oxygen atoms in total. The lowest BCUT2D eigenvalue weighted by atomic mass is 9.86. The average Bonchev–Trinajstić information content (AvgIpc) is 2.96. The van der Waals surface area contributed by atoms with Crippen molar-refractivity contribution in [2.75, 3.05) is 26.4 Å². The standard InChI is InChI=1S/C13H18FNO2/c1-2-3-11(16)15-10-13(9-14)8-12(13)4-6-17-7-5-12/h4-10H2,1H3,(H,15,16). The summed E-state index contributed by atoms with van der Waals surface area (Å²) in [5, 5.41) is 2.72. The van der Waals surface area contributed by atoms with Gasteiger partial charge in [0.15, 0.2) is 0 Å². The van der Waals surface area contributed by atoms with Crippen LogP contribution in [0.5, 0.6) is 0 Å². The first-order valence-electron chi connectivity index (χ1n) is 6.02. The summed E-state index contributed by atoms with van der Waals surface area (Å²) in [5.41, 5.74) is -0.297. The van der Waals surface area contributed by atoms with Gasteiger partial charge < -0.3 is 10.1 Å². The van der Waals surface area contributed by atoms with Gasteiger partial charge in [-0.1, -0.05) is 5.92 Å². The number of carbonyl (C=O) groups is 1.